The monoisotopic (exact) mass is 413 g/mol. The summed E-state index contributed by atoms with van der Waals surface area (Å²) in [6.45, 7) is 2.68. The Morgan fingerprint density at radius 3 is 2.52 bits per heavy atom. The van der Waals surface area contributed by atoms with Crippen molar-refractivity contribution in [2.45, 2.75) is 19.8 Å². The van der Waals surface area contributed by atoms with Gasteiger partial charge in [-0.25, -0.2) is 15.0 Å². The zero-order valence-electron chi connectivity index (χ0n) is 17.2. The third kappa shape index (κ3) is 5.76. The van der Waals surface area contributed by atoms with E-state index in [1.54, 1.807) is 18.6 Å². The third-order valence-corrected chi connectivity index (χ3v) is 4.74. The van der Waals surface area contributed by atoms with Gasteiger partial charge in [0, 0.05) is 37.1 Å². The summed E-state index contributed by atoms with van der Waals surface area (Å²) < 4.78 is 5.88. The highest BCUT2D eigenvalue weighted by molar-refractivity contribution is 5.35. The van der Waals surface area contributed by atoms with E-state index >= 15 is 0 Å². The van der Waals surface area contributed by atoms with Crippen molar-refractivity contribution in [3.05, 3.63) is 106 Å². The number of aromatic nitrogens is 4. The lowest BCUT2D eigenvalue weighted by atomic mass is 10.1. The molecule has 4 rings (SSSR count). The van der Waals surface area contributed by atoms with E-state index in [4.69, 9.17) is 4.74 Å². The van der Waals surface area contributed by atoms with E-state index in [2.05, 4.69) is 25.3 Å². The van der Waals surface area contributed by atoms with Crippen LogP contribution in [-0.2, 0) is 12.8 Å². The van der Waals surface area contributed by atoms with Crippen LogP contribution in [0.5, 0.6) is 11.5 Å². The molecule has 2 aromatic heterocycles. The van der Waals surface area contributed by atoms with E-state index in [1.807, 2.05) is 55.5 Å². The number of aromatic amines is 1. The maximum Gasteiger partial charge on any atom is 0.255 e. The lowest BCUT2D eigenvalue weighted by Crippen LogP contribution is -2.18. The minimum absolute atomic E-state index is 0.168. The summed E-state index contributed by atoms with van der Waals surface area (Å²) in [4.78, 5) is 27.3. The molecule has 7 nitrogen and oxygen atoms in total. The van der Waals surface area contributed by atoms with Crippen molar-refractivity contribution in [1.82, 2.24) is 19.9 Å². The summed E-state index contributed by atoms with van der Waals surface area (Å²) in [5.41, 5.74) is 3.59. The van der Waals surface area contributed by atoms with Crippen LogP contribution in [0.4, 0.5) is 5.95 Å². The normalized spacial score (nSPS) is 10.6. The molecule has 31 heavy (non-hydrogen) atoms. The second kappa shape index (κ2) is 9.67. The first-order valence-electron chi connectivity index (χ1n) is 10.0. The Morgan fingerprint density at radius 2 is 1.77 bits per heavy atom. The number of rotatable bonds is 8. The number of hydrogen-bond donors (Lipinski definition) is 2. The molecule has 0 aliphatic heterocycles. The molecule has 0 atom stereocenters. The van der Waals surface area contributed by atoms with Gasteiger partial charge < -0.3 is 10.1 Å². The van der Waals surface area contributed by atoms with Gasteiger partial charge in [0.15, 0.2) is 0 Å². The van der Waals surface area contributed by atoms with Crippen LogP contribution in [-0.4, -0.2) is 26.5 Å². The summed E-state index contributed by atoms with van der Waals surface area (Å²) in [6.07, 6.45) is 7.67. The van der Waals surface area contributed by atoms with E-state index in [-0.39, 0.29) is 5.56 Å². The van der Waals surface area contributed by atoms with Gasteiger partial charge in [-0.3, -0.25) is 9.78 Å². The first-order chi connectivity index (χ1) is 15.2. The summed E-state index contributed by atoms with van der Waals surface area (Å²) in [5, 5.41) is 3.16. The molecule has 2 heterocycles. The topological polar surface area (TPSA) is 92.8 Å². The van der Waals surface area contributed by atoms with Crippen LogP contribution >= 0.6 is 0 Å². The summed E-state index contributed by atoms with van der Waals surface area (Å²) in [5.74, 6) is 2.08. The molecule has 0 amide bonds. The molecule has 0 unspecified atom stereocenters. The fraction of sp³-hybridized carbons (Fsp3) is 0.167. The standard InChI is InChI=1S/C24H23N5O2/c1-17-3-2-4-22(11-17)31-21-7-5-18(6-8-21)9-10-27-24-28-15-20(23(30)29-24)12-19-13-25-16-26-14-19/h2-8,11,13-16H,9-10,12H2,1H3,(H2,27,28,29,30). The number of hydrogen-bond acceptors (Lipinski definition) is 6. The van der Waals surface area contributed by atoms with Crippen molar-refractivity contribution in [3.8, 4) is 11.5 Å². The van der Waals surface area contributed by atoms with Crippen LogP contribution in [0, 0.1) is 6.92 Å². The van der Waals surface area contributed by atoms with Gasteiger partial charge in [0.2, 0.25) is 5.95 Å². The molecule has 0 radical (unpaired) electrons. The zero-order valence-corrected chi connectivity index (χ0v) is 17.2. The molecule has 0 aliphatic carbocycles. The van der Waals surface area contributed by atoms with E-state index < -0.39 is 0 Å². The smallest absolute Gasteiger partial charge is 0.255 e. The molecule has 0 aliphatic rings. The number of ether oxygens (including phenoxy) is 1. The summed E-state index contributed by atoms with van der Waals surface area (Å²) in [7, 11) is 0. The van der Waals surface area contributed by atoms with E-state index in [0.717, 1.165) is 34.6 Å². The van der Waals surface area contributed by atoms with Gasteiger partial charge in [-0.2, -0.15) is 0 Å². The van der Waals surface area contributed by atoms with Crippen molar-refractivity contribution in [1.29, 1.82) is 0 Å². The van der Waals surface area contributed by atoms with Gasteiger partial charge in [-0.1, -0.05) is 24.3 Å². The molecule has 156 valence electrons. The Kier molecular flexibility index (Phi) is 6.32. The van der Waals surface area contributed by atoms with Crippen LogP contribution in [0.1, 0.15) is 22.3 Å². The predicted octanol–water partition coefficient (Wildman–Crippen LogP) is 3.91. The van der Waals surface area contributed by atoms with E-state index in [0.29, 0.717) is 24.5 Å². The lowest BCUT2D eigenvalue weighted by Gasteiger charge is -2.09. The van der Waals surface area contributed by atoms with Crippen molar-refractivity contribution < 1.29 is 4.74 Å². The number of H-pyrrole nitrogens is 1. The molecule has 2 N–H and O–H groups in total. The van der Waals surface area contributed by atoms with Crippen LogP contribution in [0.3, 0.4) is 0 Å². The average Bonchev–Trinajstić information content (AvgIpc) is 2.78. The van der Waals surface area contributed by atoms with Crippen molar-refractivity contribution >= 4 is 5.95 Å². The van der Waals surface area contributed by atoms with Crippen LogP contribution in [0.2, 0.25) is 0 Å². The molecule has 0 spiro atoms. The maximum absolute atomic E-state index is 12.3. The Balaban J connectivity index is 1.29. The quantitative estimate of drug-likeness (QED) is 0.455. The number of benzene rings is 2. The maximum atomic E-state index is 12.3. The highest BCUT2D eigenvalue weighted by Gasteiger charge is 2.05. The van der Waals surface area contributed by atoms with Gasteiger partial charge in [0.25, 0.3) is 5.56 Å². The second-order valence-electron chi connectivity index (χ2n) is 7.25. The Morgan fingerprint density at radius 1 is 0.968 bits per heavy atom. The van der Waals surface area contributed by atoms with Gasteiger partial charge >= 0.3 is 0 Å². The zero-order chi connectivity index (χ0) is 21.5. The molecule has 2 aromatic carbocycles. The minimum atomic E-state index is -0.168. The number of anilines is 1. The molecule has 0 fully saturated rings. The average molecular weight is 413 g/mol. The van der Waals surface area contributed by atoms with Crippen LogP contribution < -0.4 is 15.6 Å². The van der Waals surface area contributed by atoms with Crippen LogP contribution in [0.25, 0.3) is 0 Å². The molecule has 0 saturated heterocycles. The number of nitrogens with one attached hydrogen (secondary N) is 2. The highest BCUT2D eigenvalue weighted by atomic mass is 16.5. The van der Waals surface area contributed by atoms with Crippen molar-refractivity contribution in [2.24, 2.45) is 0 Å². The third-order valence-electron chi connectivity index (χ3n) is 4.74. The molecule has 0 saturated carbocycles. The van der Waals surface area contributed by atoms with E-state index in [9.17, 15) is 4.79 Å². The van der Waals surface area contributed by atoms with E-state index in [1.165, 1.54) is 6.33 Å². The predicted molar refractivity (Wildman–Crippen MR) is 120 cm³/mol. The Bertz CT molecular complexity index is 1190. The van der Waals surface area contributed by atoms with Crippen molar-refractivity contribution in [2.75, 3.05) is 11.9 Å². The summed E-state index contributed by atoms with van der Waals surface area (Å²) >= 11 is 0. The second-order valence-corrected chi connectivity index (χ2v) is 7.25. The molecular formula is C24H23N5O2. The fourth-order valence-corrected chi connectivity index (χ4v) is 3.14. The largest absolute Gasteiger partial charge is 0.457 e. The highest BCUT2D eigenvalue weighted by Crippen LogP contribution is 2.22. The van der Waals surface area contributed by atoms with Crippen LogP contribution in [0.15, 0.2) is 78.2 Å². The van der Waals surface area contributed by atoms with Crippen molar-refractivity contribution in [3.63, 3.8) is 0 Å². The SMILES string of the molecule is Cc1cccc(Oc2ccc(CCNc3ncc(Cc4cncnc4)c(=O)[nH]3)cc2)c1. The fourth-order valence-electron chi connectivity index (χ4n) is 3.14. The van der Waals surface area contributed by atoms with Gasteiger partial charge in [0.1, 0.15) is 17.8 Å². The lowest BCUT2D eigenvalue weighted by molar-refractivity contribution is 0.482. The van der Waals surface area contributed by atoms with Gasteiger partial charge in [-0.15, -0.1) is 0 Å². The molecular weight excluding hydrogens is 390 g/mol. The molecule has 4 aromatic rings. The van der Waals surface area contributed by atoms with Gasteiger partial charge in [0.05, 0.1) is 0 Å². The molecule has 7 heteroatoms. The minimum Gasteiger partial charge on any atom is -0.457 e. The molecule has 0 bridgehead atoms. The first kappa shape index (κ1) is 20.3. The Hall–Kier alpha value is -4.00. The summed E-state index contributed by atoms with van der Waals surface area (Å²) in [6, 6.07) is 16.0. The number of aryl methyl sites for hydroxylation is 1. The van der Waals surface area contributed by atoms with Gasteiger partial charge in [-0.05, 0) is 54.3 Å². The number of nitrogens with zero attached hydrogens (tertiary/aromatic N) is 3. The first-order valence-corrected chi connectivity index (χ1v) is 10.0. The Labute approximate surface area is 180 Å².